The van der Waals surface area contributed by atoms with Gasteiger partial charge in [-0.1, -0.05) is 12.1 Å². The van der Waals surface area contributed by atoms with Gasteiger partial charge < -0.3 is 10.7 Å². The van der Waals surface area contributed by atoms with Crippen molar-refractivity contribution in [3.05, 3.63) is 41.2 Å². The standard InChI is InChI=1S/C14H15N3S/c1-9-14(10-3-5-11(16)6-4-10)12(7-15)13(17-9)8-18-2/h3-6,17H,8,16H2,1-2H3. The van der Waals surface area contributed by atoms with E-state index in [4.69, 9.17) is 5.73 Å². The number of anilines is 1. The molecule has 0 radical (unpaired) electrons. The summed E-state index contributed by atoms with van der Waals surface area (Å²) in [5, 5.41) is 9.35. The number of benzene rings is 1. The summed E-state index contributed by atoms with van der Waals surface area (Å²) in [7, 11) is 0. The molecule has 0 spiro atoms. The zero-order valence-electron chi connectivity index (χ0n) is 10.4. The highest BCUT2D eigenvalue weighted by atomic mass is 32.2. The first kappa shape index (κ1) is 12.6. The minimum Gasteiger partial charge on any atom is -0.399 e. The molecule has 18 heavy (non-hydrogen) atoms. The van der Waals surface area contributed by atoms with Gasteiger partial charge in [-0.3, -0.25) is 0 Å². The summed E-state index contributed by atoms with van der Waals surface area (Å²) in [6.07, 6.45) is 2.03. The lowest BCUT2D eigenvalue weighted by Crippen LogP contribution is -1.87. The molecule has 0 bridgehead atoms. The molecular weight excluding hydrogens is 242 g/mol. The van der Waals surface area contributed by atoms with Crippen LogP contribution in [-0.4, -0.2) is 11.2 Å². The first-order valence-electron chi connectivity index (χ1n) is 5.63. The number of aromatic nitrogens is 1. The van der Waals surface area contributed by atoms with Crippen molar-refractivity contribution in [1.82, 2.24) is 4.98 Å². The summed E-state index contributed by atoms with van der Waals surface area (Å²) >= 11 is 1.70. The quantitative estimate of drug-likeness (QED) is 0.829. The number of hydrogen-bond acceptors (Lipinski definition) is 3. The zero-order valence-corrected chi connectivity index (χ0v) is 11.3. The first-order chi connectivity index (χ1) is 8.67. The Morgan fingerprint density at radius 2 is 2.00 bits per heavy atom. The fourth-order valence-electron chi connectivity index (χ4n) is 2.08. The summed E-state index contributed by atoms with van der Waals surface area (Å²) in [6.45, 7) is 2.00. The molecule has 1 aromatic carbocycles. The van der Waals surface area contributed by atoms with Crippen molar-refractivity contribution in [2.24, 2.45) is 0 Å². The maximum absolute atomic E-state index is 9.35. The van der Waals surface area contributed by atoms with Crippen LogP contribution in [0.25, 0.3) is 11.1 Å². The number of aromatic amines is 1. The second-order valence-corrected chi connectivity index (χ2v) is 5.01. The van der Waals surface area contributed by atoms with Gasteiger partial charge in [0.15, 0.2) is 0 Å². The lowest BCUT2D eigenvalue weighted by atomic mass is 10.0. The number of nitriles is 1. The molecule has 1 aromatic heterocycles. The van der Waals surface area contributed by atoms with Gasteiger partial charge in [-0.2, -0.15) is 17.0 Å². The van der Waals surface area contributed by atoms with Crippen molar-refractivity contribution in [2.45, 2.75) is 12.7 Å². The molecule has 0 fully saturated rings. The van der Waals surface area contributed by atoms with Crippen LogP contribution < -0.4 is 5.73 Å². The fraction of sp³-hybridized carbons (Fsp3) is 0.214. The van der Waals surface area contributed by atoms with Crippen LogP contribution in [0.2, 0.25) is 0 Å². The van der Waals surface area contributed by atoms with E-state index in [1.54, 1.807) is 11.8 Å². The molecule has 0 saturated heterocycles. The average molecular weight is 257 g/mol. The second-order valence-electron chi connectivity index (χ2n) is 4.15. The summed E-state index contributed by atoms with van der Waals surface area (Å²) < 4.78 is 0. The summed E-state index contributed by atoms with van der Waals surface area (Å²) in [6, 6.07) is 9.93. The van der Waals surface area contributed by atoms with Crippen LogP contribution in [0.5, 0.6) is 0 Å². The van der Waals surface area contributed by atoms with E-state index in [1.165, 1.54) is 0 Å². The van der Waals surface area contributed by atoms with Crippen molar-refractivity contribution in [3.8, 4) is 17.2 Å². The maximum Gasteiger partial charge on any atom is 0.102 e. The third-order valence-electron chi connectivity index (χ3n) is 2.87. The zero-order chi connectivity index (χ0) is 13.1. The number of nitrogens with one attached hydrogen (secondary N) is 1. The second kappa shape index (κ2) is 5.19. The molecular formula is C14H15N3S. The minimum atomic E-state index is 0.731. The third-order valence-corrected chi connectivity index (χ3v) is 3.44. The Balaban J connectivity index is 2.57. The predicted molar refractivity (Wildman–Crippen MR) is 77.3 cm³/mol. The maximum atomic E-state index is 9.35. The van der Waals surface area contributed by atoms with E-state index in [2.05, 4.69) is 11.1 Å². The number of rotatable bonds is 3. The largest absolute Gasteiger partial charge is 0.399 e. The topological polar surface area (TPSA) is 65.6 Å². The number of hydrogen-bond donors (Lipinski definition) is 2. The molecule has 2 rings (SSSR count). The molecule has 0 aliphatic carbocycles. The number of nitrogens with two attached hydrogens (primary N) is 1. The highest BCUT2D eigenvalue weighted by molar-refractivity contribution is 7.97. The van der Waals surface area contributed by atoms with E-state index < -0.39 is 0 Å². The normalized spacial score (nSPS) is 10.3. The number of nitrogens with zero attached hydrogens (tertiary/aromatic N) is 1. The molecule has 4 heteroatoms. The molecule has 2 aromatic rings. The highest BCUT2D eigenvalue weighted by Crippen LogP contribution is 2.31. The average Bonchev–Trinajstić information content (AvgIpc) is 2.67. The van der Waals surface area contributed by atoms with Crippen molar-refractivity contribution < 1.29 is 0 Å². The highest BCUT2D eigenvalue weighted by Gasteiger charge is 2.15. The Bertz CT molecular complexity index is 591. The molecule has 0 aliphatic heterocycles. The van der Waals surface area contributed by atoms with Gasteiger partial charge in [-0.15, -0.1) is 0 Å². The smallest absolute Gasteiger partial charge is 0.102 e. The van der Waals surface area contributed by atoms with Gasteiger partial charge in [0.25, 0.3) is 0 Å². The number of thioether (sulfide) groups is 1. The van der Waals surface area contributed by atoms with Gasteiger partial charge in [0.05, 0.1) is 5.56 Å². The van der Waals surface area contributed by atoms with Crippen LogP contribution in [0.1, 0.15) is 17.0 Å². The molecule has 3 nitrogen and oxygen atoms in total. The molecule has 92 valence electrons. The fourth-order valence-corrected chi connectivity index (χ4v) is 2.58. The van der Waals surface area contributed by atoms with Crippen molar-refractivity contribution >= 4 is 17.4 Å². The minimum absolute atomic E-state index is 0.731. The van der Waals surface area contributed by atoms with E-state index in [0.717, 1.165) is 39.5 Å². The van der Waals surface area contributed by atoms with Crippen LogP contribution in [0.4, 0.5) is 5.69 Å². The number of H-pyrrole nitrogens is 1. The van der Waals surface area contributed by atoms with Gasteiger partial charge in [-0.05, 0) is 30.9 Å². The SMILES string of the molecule is CSCc1[nH]c(C)c(-c2ccc(N)cc2)c1C#N. The molecule has 0 saturated carbocycles. The van der Waals surface area contributed by atoms with E-state index in [9.17, 15) is 5.26 Å². The lowest BCUT2D eigenvalue weighted by molar-refractivity contribution is 1.17. The molecule has 1 heterocycles. The summed E-state index contributed by atoms with van der Waals surface area (Å²) in [4.78, 5) is 3.30. The monoisotopic (exact) mass is 257 g/mol. The summed E-state index contributed by atoms with van der Waals surface area (Å²) in [5.41, 5.74) is 11.2. The van der Waals surface area contributed by atoms with Gasteiger partial charge in [-0.25, -0.2) is 0 Å². The molecule has 0 atom stereocenters. The van der Waals surface area contributed by atoms with Gasteiger partial charge in [0, 0.05) is 28.4 Å². The van der Waals surface area contributed by atoms with E-state index in [-0.39, 0.29) is 0 Å². The third kappa shape index (κ3) is 2.22. The molecule has 0 unspecified atom stereocenters. The van der Waals surface area contributed by atoms with E-state index in [1.807, 2.05) is 37.4 Å². The van der Waals surface area contributed by atoms with Gasteiger partial charge in [0.2, 0.25) is 0 Å². The molecule has 0 amide bonds. The Hall–Kier alpha value is -1.86. The van der Waals surface area contributed by atoms with Crippen molar-refractivity contribution in [1.29, 1.82) is 5.26 Å². The van der Waals surface area contributed by atoms with E-state index in [0.29, 0.717) is 0 Å². The Labute approximate surface area is 111 Å². The van der Waals surface area contributed by atoms with Crippen LogP contribution in [0.3, 0.4) is 0 Å². The lowest BCUT2D eigenvalue weighted by Gasteiger charge is -2.02. The van der Waals surface area contributed by atoms with Crippen LogP contribution in [0, 0.1) is 18.3 Å². The van der Waals surface area contributed by atoms with Gasteiger partial charge >= 0.3 is 0 Å². The van der Waals surface area contributed by atoms with Crippen LogP contribution in [-0.2, 0) is 5.75 Å². The molecule has 0 aliphatic rings. The number of nitrogen functional groups attached to an aromatic ring is 1. The van der Waals surface area contributed by atoms with E-state index >= 15 is 0 Å². The van der Waals surface area contributed by atoms with Gasteiger partial charge in [0.1, 0.15) is 6.07 Å². The van der Waals surface area contributed by atoms with Crippen LogP contribution in [0.15, 0.2) is 24.3 Å². The first-order valence-corrected chi connectivity index (χ1v) is 7.03. The predicted octanol–water partition coefficient (Wildman–Crippen LogP) is 3.31. The van der Waals surface area contributed by atoms with Crippen molar-refractivity contribution in [3.63, 3.8) is 0 Å². The summed E-state index contributed by atoms with van der Waals surface area (Å²) in [5.74, 6) is 0.818. The van der Waals surface area contributed by atoms with Crippen molar-refractivity contribution in [2.75, 3.05) is 12.0 Å². The Kier molecular flexibility index (Phi) is 3.63. The number of aryl methyl sites for hydroxylation is 1. The van der Waals surface area contributed by atoms with Crippen LogP contribution >= 0.6 is 11.8 Å². The molecule has 3 N–H and O–H groups in total. The Morgan fingerprint density at radius 3 is 2.56 bits per heavy atom. The Morgan fingerprint density at radius 1 is 1.33 bits per heavy atom.